The lowest BCUT2D eigenvalue weighted by Crippen LogP contribution is -1.89. The second-order valence-electron chi connectivity index (χ2n) is 5.75. The zero-order chi connectivity index (χ0) is 16.7. The van der Waals surface area contributed by atoms with Crippen molar-refractivity contribution in [2.24, 2.45) is 0 Å². The number of aliphatic hydroxyl groups excluding tert-OH is 1. The first-order valence-corrected chi connectivity index (χ1v) is 7.56. The molecule has 2 aromatic heterocycles. The predicted molar refractivity (Wildman–Crippen MR) is 89.7 cm³/mol. The topological polar surface area (TPSA) is 77.6 Å². The molecular formula is C18H15FN4O. The first-order chi connectivity index (χ1) is 11.6. The van der Waals surface area contributed by atoms with Gasteiger partial charge in [-0.25, -0.2) is 9.37 Å². The van der Waals surface area contributed by atoms with Crippen LogP contribution in [0.4, 0.5) is 4.39 Å². The second kappa shape index (κ2) is 5.58. The fraction of sp³-hybridized carbons (Fsp3) is 0.111. The second-order valence-corrected chi connectivity index (χ2v) is 5.75. The van der Waals surface area contributed by atoms with E-state index in [-0.39, 0.29) is 6.61 Å². The molecule has 0 amide bonds. The third-order valence-electron chi connectivity index (χ3n) is 3.96. The summed E-state index contributed by atoms with van der Waals surface area (Å²) in [6.07, 6.45) is 0. The van der Waals surface area contributed by atoms with Gasteiger partial charge in [0.1, 0.15) is 11.5 Å². The van der Waals surface area contributed by atoms with Gasteiger partial charge >= 0.3 is 0 Å². The van der Waals surface area contributed by atoms with Crippen LogP contribution in [0.1, 0.15) is 11.1 Å². The summed E-state index contributed by atoms with van der Waals surface area (Å²) >= 11 is 0. The minimum atomic E-state index is -0.417. The Kier molecular flexibility index (Phi) is 3.39. The molecule has 0 saturated carbocycles. The number of nitrogens with zero attached hydrogens (tertiary/aromatic N) is 2. The van der Waals surface area contributed by atoms with Gasteiger partial charge in [0.15, 0.2) is 5.82 Å². The van der Waals surface area contributed by atoms with Gasteiger partial charge in [-0.05, 0) is 48.4 Å². The summed E-state index contributed by atoms with van der Waals surface area (Å²) in [5.74, 6) is 0.238. The van der Waals surface area contributed by atoms with Gasteiger partial charge in [0.2, 0.25) is 0 Å². The Labute approximate surface area is 137 Å². The van der Waals surface area contributed by atoms with Gasteiger partial charge in [0.25, 0.3) is 0 Å². The van der Waals surface area contributed by atoms with Crippen LogP contribution in [0.3, 0.4) is 0 Å². The molecule has 0 unspecified atom stereocenters. The fourth-order valence-electron chi connectivity index (χ4n) is 2.70. The van der Waals surface area contributed by atoms with Crippen LogP contribution < -0.4 is 0 Å². The maximum Gasteiger partial charge on any atom is 0.156 e. The summed E-state index contributed by atoms with van der Waals surface area (Å²) in [7, 11) is 0. The highest BCUT2D eigenvalue weighted by Gasteiger charge is 2.13. The van der Waals surface area contributed by atoms with Crippen LogP contribution in [0.15, 0.2) is 42.5 Å². The molecule has 3 N–H and O–H groups in total. The average molecular weight is 322 g/mol. The molecule has 0 aliphatic carbocycles. The van der Waals surface area contributed by atoms with Crippen molar-refractivity contribution in [1.29, 1.82) is 0 Å². The molecule has 0 radical (unpaired) electrons. The number of fused-ring (bicyclic) bond motifs is 1. The number of hydrogen-bond acceptors (Lipinski definition) is 3. The lowest BCUT2D eigenvalue weighted by atomic mass is 10.1. The van der Waals surface area contributed by atoms with Gasteiger partial charge < -0.3 is 10.1 Å². The first kappa shape index (κ1) is 14.6. The Morgan fingerprint density at radius 3 is 2.79 bits per heavy atom. The molecule has 0 bridgehead atoms. The minimum absolute atomic E-state index is 0.193. The Morgan fingerprint density at radius 1 is 1.12 bits per heavy atom. The molecule has 0 saturated heterocycles. The number of benzene rings is 2. The van der Waals surface area contributed by atoms with E-state index in [9.17, 15) is 4.39 Å². The van der Waals surface area contributed by atoms with Crippen LogP contribution in [0.2, 0.25) is 0 Å². The van der Waals surface area contributed by atoms with E-state index in [0.29, 0.717) is 28.3 Å². The molecule has 4 aromatic rings. The smallest absolute Gasteiger partial charge is 0.156 e. The number of hydrogen-bond donors (Lipinski definition) is 3. The molecule has 6 heteroatoms. The average Bonchev–Trinajstić information content (AvgIpc) is 3.20. The van der Waals surface area contributed by atoms with Crippen LogP contribution in [0.5, 0.6) is 0 Å². The lowest BCUT2D eigenvalue weighted by Gasteiger charge is -2.01. The highest BCUT2D eigenvalue weighted by atomic mass is 19.1. The van der Waals surface area contributed by atoms with Crippen LogP contribution in [-0.2, 0) is 6.61 Å². The monoisotopic (exact) mass is 322 g/mol. The number of aliphatic hydroxyl groups is 1. The van der Waals surface area contributed by atoms with E-state index in [1.165, 1.54) is 6.07 Å². The number of halogens is 1. The molecule has 0 aliphatic heterocycles. The molecule has 0 fully saturated rings. The van der Waals surface area contributed by atoms with E-state index < -0.39 is 5.82 Å². The molecule has 120 valence electrons. The van der Waals surface area contributed by atoms with Crippen molar-refractivity contribution in [2.75, 3.05) is 0 Å². The minimum Gasteiger partial charge on any atom is -0.392 e. The van der Waals surface area contributed by atoms with Crippen molar-refractivity contribution in [3.63, 3.8) is 0 Å². The molecule has 2 heterocycles. The third-order valence-corrected chi connectivity index (χ3v) is 3.96. The normalized spacial score (nSPS) is 11.3. The standard InChI is InChI=1S/C18H15FN4O/c1-10-2-5-14-16(6-10)21-18(20-14)17-8-15(22-23-17)12-4-3-11(9-24)7-13(12)19/h2-8,24H,9H2,1H3,(H,20,21)(H,22,23). The molecule has 0 atom stereocenters. The van der Waals surface area contributed by atoms with Crippen molar-refractivity contribution in [3.8, 4) is 22.8 Å². The van der Waals surface area contributed by atoms with Gasteiger partial charge in [0, 0.05) is 5.56 Å². The summed E-state index contributed by atoms with van der Waals surface area (Å²) < 4.78 is 14.2. The Morgan fingerprint density at radius 2 is 2.00 bits per heavy atom. The van der Waals surface area contributed by atoms with E-state index >= 15 is 0 Å². The number of H-pyrrole nitrogens is 2. The van der Waals surface area contributed by atoms with Crippen molar-refractivity contribution in [1.82, 2.24) is 20.2 Å². The Balaban J connectivity index is 1.73. The Hall–Kier alpha value is -2.99. The summed E-state index contributed by atoms with van der Waals surface area (Å²) in [5, 5.41) is 16.1. The van der Waals surface area contributed by atoms with Gasteiger partial charge in [-0.1, -0.05) is 12.1 Å². The highest BCUT2D eigenvalue weighted by molar-refractivity contribution is 5.80. The van der Waals surface area contributed by atoms with E-state index in [4.69, 9.17) is 5.11 Å². The van der Waals surface area contributed by atoms with E-state index in [1.54, 1.807) is 18.2 Å². The summed E-state index contributed by atoms with van der Waals surface area (Å²) in [4.78, 5) is 7.77. The zero-order valence-corrected chi connectivity index (χ0v) is 13.0. The molecule has 5 nitrogen and oxygen atoms in total. The highest BCUT2D eigenvalue weighted by Crippen LogP contribution is 2.26. The fourth-order valence-corrected chi connectivity index (χ4v) is 2.70. The first-order valence-electron chi connectivity index (χ1n) is 7.56. The van der Waals surface area contributed by atoms with E-state index in [0.717, 1.165) is 16.6 Å². The number of aromatic amines is 2. The number of aromatic nitrogens is 4. The van der Waals surface area contributed by atoms with E-state index in [1.807, 2.05) is 25.1 Å². The van der Waals surface area contributed by atoms with Gasteiger partial charge in [-0.2, -0.15) is 5.10 Å². The quantitative estimate of drug-likeness (QED) is 0.540. The van der Waals surface area contributed by atoms with Crippen molar-refractivity contribution in [2.45, 2.75) is 13.5 Å². The molecule has 4 rings (SSSR count). The molecule has 24 heavy (non-hydrogen) atoms. The van der Waals surface area contributed by atoms with Gasteiger partial charge in [-0.15, -0.1) is 0 Å². The maximum absolute atomic E-state index is 14.2. The van der Waals surface area contributed by atoms with Gasteiger partial charge in [0.05, 0.1) is 23.3 Å². The third kappa shape index (κ3) is 2.47. The number of rotatable bonds is 3. The van der Waals surface area contributed by atoms with Crippen molar-refractivity contribution >= 4 is 11.0 Å². The number of imidazole rings is 1. The number of nitrogens with one attached hydrogen (secondary N) is 2. The summed E-state index contributed by atoms with van der Waals surface area (Å²) in [6.45, 7) is 1.83. The van der Waals surface area contributed by atoms with Crippen LogP contribution in [0, 0.1) is 12.7 Å². The SMILES string of the molecule is Cc1ccc2nc(-c3cc(-c4ccc(CO)cc4F)n[nH]3)[nH]c2c1. The summed E-state index contributed by atoms with van der Waals surface area (Å²) in [6, 6.07) is 12.3. The number of aryl methyl sites for hydroxylation is 1. The molecule has 2 aromatic carbocycles. The molecule has 0 spiro atoms. The largest absolute Gasteiger partial charge is 0.392 e. The maximum atomic E-state index is 14.2. The van der Waals surface area contributed by atoms with Crippen LogP contribution in [0.25, 0.3) is 33.8 Å². The van der Waals surface area contributed by atoms with Crippen LogP contribution in [-0.4, -0.2) is 25.3 Å². The van der Waals surface area contributed by atoms with Crippen molar-refractivity contribution < 1.29 is 9.50 Å². The lowest BCUT2D eigenvalue weighted by molar-refractivity contribution is 0.281. The zero-order valence-electron chi connectivity index (χ0n) is 13.0. The molecule has 0 aliphatic rings. The molecular weight excluding hydrogens is 307 g/mol. The van der Waals surface area contributed by atoms with Crippen LogP contribution >= 0.6 is 0 Å². The van der Waals surface area contributed by atoms with Gasteiger partial charge in [-0.3, -0.25) is 5.10 Å². The summed E-state index contributed by atoms with van der Waals surface area (Å²) in [5.41, 5.74) is 5.04. The Bertz CT molecular complexity index is 1030. The predicted octanol–water partition coefficient (Wildman–Crippen LogP) is 3.56. The van der Waals surface area contributed by atoms with E-state index in [2.05, 4.69) is 20.2 Å². The van der Waals surface area contributed by atoms with Crippen molar-refractivity contribution in [3.05, 3.63) is 59.4 Å².